The van der Waals surface area contributed by atoms with Gasteiger partial charge in [0.1, 0.15) is 0 Å². The minimum absolute atomic E-state index is 0.00286. The molecule has 0 bridgehead atoms. The smallest absolute Gasteiger partial charge is 0.0963 e. The molecule has 1 aromatic heterocycles. The van der Waals surface area contributed by atoms with Gasteiger partial charge in [-0.1, -0.05) is 51.1 Å². The van der Waals surface area contributed by atoms with Crippen molar-refractivity contribution < 1.29 is 0 Å². The molecule has 0 aliphatic carbocycles. The molecule has 2 aromatic rings. The van der Waals surface area contributed by atoms with Crippen molar-refractivity contribution in [1.82, 2.24) is 9.78 Å². The van der Waals surface area contributed by atoms with Crippen LogP contribution in [0.3, 0.4) is 0 Å². The van der Waals surface area contributed by atoms with Gasteiger partial charge >= 0.3 is 0 Å². The molecule has 0 aliphatic rings. The van der Waals surface area contributed by atoms with Gasteiger partial charge in [0.15, 0.2) is 0 Å². The molecule has 0 fully saturated rings. The number of aromatic nitrogens is 2. The second-order valence-corrected chi connectivity index (χ2v) is 7.51. The molecule has 1 aromatic carbocycles. The maximum Gasteiger partial charge on any atom is 0.0963 e. The Hall–Kier alpha value is -1.57. The Labute approximate surface area is 122 Å². The van der Waals surface area contributed by atoms with Crippen molar-refractivity contribution >= 4 is 0 Å². The molecule has 0 saturated heterocycles. The molecule has 0 aliphatic heterocycles. The van der Waals surface area contributed by atoms with Gasteiger partial charge in [0.2, 0.25) is 0 Å². The lowest BCUT2D eigenvalue weighted by molar-refractivity contribution is 0.347. The summed E-state index contributed by atoms with van der Waals surface area (Å²) in [5.74, 6) is 0. The van der Waals surface area contributed by atoms with Crippen LogP contribution in [0.4, 0.5) is 0 Å². The molecule has 0 saturated carbocycles. The van der Waals surface area contributed by atoms with Crippen molar-refractivity contribution in [2.24, 2.45) is 0 Å². The van der Waals surface area contributed by atoms with E-state index in [4.69, 9.17) is 5.10 Å². The number of rotatable bonds is 1. The topological polar surface area (TPSA) is 17.8 Å². The molecule has 0 radical (unpaired) electrons. The molecule has 2 rings (SSSR count). The van der Waals surface area contributed by atoms with Gasteiger partial charge in [-0.05, 0) is 33.1 Å². The van der Waals surface area contributed by atoms with Crippen LogP contribution in [0.2, 0.25) is 0 Å². The maximum atomic E-state index is 4.93. The zero-order valence-electron chi connectivity index (χ0n) is 13.8. The second kappa shape index (κ2) is 4.76. The maximum absolute atomic E-state index is 4.93. The first-order valence-corrected chi connectivity index (χ1v) is 7.28. The van der Waals surface area contributed by atoms with Crippen LogP contribution < -0.4 is 0 Å². The third kappa shape index (κ3) is 2.65. The molecule has 0 amide bonds. The van der Waals surface area contributed by atoms with Gasteiger partial charge in [0.05, 0.1) is 11.2 Å². The number of nitrogens with zero attached hydrogens (tertiary/aromatic N) is 2. The SMILES string of the molecule is Cc1c(C(C)(C)C)c(-c2ccccc2)nn1C(C)(C)C. The molecule has 1 heterocycles. The average Bonchev–Trinajstić information content (AvgIpc) is 2.67. The van der Waals surface area contributed by atoms with E-state index >= 15 is 0 Å². The van der Waals surface area contributed by atoms with Crippen LogP contribution >= 0.6 is 0 Å². The molecule has 0 unspecified atom stereocenters. The summed E-state index contributed by atoms with van der Waals surface area (Å²) in [7, 11) is 0. The first-order valence-electron chi connectivity index (χ1n) is 7.28. The van der Waals surface area contributed by atoms with E-state index in [2.05, 4.69) is 77.4 Å². The largest absolute Gasteiger partial charge is 0.264 e. The lowest BCUT2D eigenvalue weighted by atomic mass is 9.83. The van der Waals surface area contributed by atoms with Crippen LogP contribution in [0, 0.1) is 6.92 Å². The Morgan fingerprint density at radius 1 is 0.900 bits per heavy atom. The standard InChI is InChI=1S/C18H26N2/c1-13-15(17(2,3)4)16(14-11-9-8-10-12-14)19-20(13)18(5,6)7/h8-12H,1-7H3. The third-order valence-electron chi connectivity index (χ3n) is 3.55. The first kappa shape index (κ1) is 14.8. The number of benzene rings is 1. The molecular formula is C18H26N2. The monoisotopic (exact) mass is 270 g/mol. The Balaban J connectivity index is 2.75. The van der Waals surface area contributed by atoms with Crippen LogP contribution in [0.5, 0.6) is 0 Å². The lowest BCUT2D eigenvalue weighted by Gasteiger charge is -2.24. The fourth-order valence-corrected chi connectivity index (χ4v) is 2.85. The summed E-state index contributed by atoms with van der Waals surface area (Å²) in [6.07, 6.45) is 0. The Kier molecular flexibility index (Phi) is 3.53. The van der Waals surface area contributed by atoms with Crippen molar-refractivity contribution in [2.45, 2.75) is 59.4 Å². The highest BCUT2D eigenvalue weighted by atomic mass is 15.3. The molecular weight excluding hydrogens is 244 g/mol. The molecule has 20 heavy (non-hydrogen) atoms. The van der Waals surface area contributed by atoms with Crippen LogP contribution in [0.15, 0.2) is 30.3 Å². The van der Waals surface area contributed by atoms with Crippen molar-refractivity contribution in [3.8, 4) is 11.3 Å². The molecule has 2 nitrogen and oxygen atoms in total. The van der Waals surface area contributed by atoms with Gasteiger partial charge in [0, 0.05) is 16.8 Å². The predicted molar refractivity (Wildman–Crippen MR) is 86.1 cm³/mol. The predicted octanol–water partition coefficient (Wildman–Crippen LogP) is 4.91. The Morgan fingerprint density at radius 3 is 1.90 bits per heavy atom. The summed E-state index contributed by atoms with van der Waals surface area (Å²) in [6, 6.07) is 10.5. The van der Waals surface area contributed by atoms with Crippen molar-refractivity contribution in [3.63, 3.8) is 0 Å². The second-order valence-electron chi connectivity index (χ2n) is 7.51. The van der Waals surface area contributed by atoms with E-state index in [1.807, 2.05) is 6.07 Å². The van der Waals surface area contributed by atoms with Crippen molar-refractivity contribution in [1.29, 1.82) is 0 Å². The van der Waals surface area contributed by atoms with Crippen LogP contribution in [-0.2, 0) is 11.0 Å². The summed E-state index contributed by atoms with van der Waals surface area (Å²) in [6.45, 7) is 15.6. The van der Waals surface area contributed by atoms with Gasteiger partial charge in [-0.2, -0.15) is 5.10 Å². The summed E-state index contributed by atoms with van der Waals surface area (Å²) in [5.41, 5.74) is 5.01. The average molecular weight is 270 g/mol. The van der Waals surface area contributed by atoms with E-state index in [1.54, 1.807) is 0 Å². The fraction of sp³-hybridized carbons (Fsp3) is 0.500. The molecule has 0 atom stereocenters. The Bertz CT molecular complexity index is 593. The fourth-order valence-electron chi connectivity index (χ4n) is 2.85. The van der Waals surface area contributed by atoms with E-state index in [-0.39, 0.29) is 11.0 Å². The lowest BCUT2D eigenvalue weighted by Crippen LogP contribution is -2.25. The zero-order valence-corrected chi connectivity index (χ0v) is 13.8. The van der Waals surface area contributed by atoms with Crippen LogP contribution in [0.1, 0.15) is 52.8 Å². The molecule has 108 valence electrons. The number of hydrogen-bond donors (Lipinski definition) is 0. The van der Waals surface area contributed by atoms with Crippen molar-refractivity contribution in [3.05, 3.63) is 41.6 Å². The van der Waals surface area contributed by atoms with Gasteiger partial charge in [-0.25, -0.2) is 0 Å². The zero-order chi connectivity index (χ0) is 15.1. The highest BCUT2D eigenvalue weighted by Gasteiger charge is 2.29. The van der Waals surface area contributed by atoms with E-state index < -0.39 is 0 Å². The van der Waals surface area contributed by atoms with Gasteiger partial charge < -0.3 is 0 Å². The summed E-state index contributed by atoms with van der Waals surface area (Å²) >= 11 is 0. The minimum Gasteiger partial charge on any atom is -0.264 e. The molecule has 0 N–H and O–H groups in total. The normalized spacial score (nSPS) is 12.8. The third-order valence-corrected chi connectivity index (χ3v) is 3.55. The Morgan fingerprint density at radius 2 is 1.45 bits per heavy atom. The number of hydrogen-bond acceptors (Lipinski definition) is 1. The van der Waals surface area contributed by atoms with Gasteiger partial charge in [0.25, 0.3) is 0 Å². The quantitative estimate of drug-likeness (QED) is 0.720. The highest BCUT2D eigenvalue weighted by Crippen LogP contribution is 2.36. The van der Waals surface area contributed by atoms with Gasteiger partial charge in [-0.15, -0.1) is 0 Å². The highest BCUT2D eigenvalue weighted by molar-refractivity contribution is 5.65. The van der Waals surface area contributed by atoms with E-state index in [0.29, 0.717) is 0 Å². The molecule has 2 heteroatoms. The van der Waals surface area contributed by atoms with E-state index in [1.165, 1.54) is 16.8 Å². The van der Waals surface area contributed by atoms with Crippen LogP contribution in [0.25, 0.3) is 11.3 Å². The van der Waals surface area contributed by atoms with Crippen LogP contribution in [-0.4, -0.2) is 9.78 Å². The van der Waals surface area contributed by atoms with E-state index in [0.717, 1.165) is 5.69 Å². The first-order chi connectivity index (χ1) is 9.12. The summed E-state index contributed by atoms with van der Waals surface area (Å²) in [4.78, 5) is 0. The summed E-state index contributed by atoms with van der Waals surface area (Å²) in [5, 5.41) is 4.93. The minimum atomic E-state index is -0.00286. The van der Waals surface area contributed by atoms with Gasteiger partial charge in [-0.3, -0.25) is 4.68 Å². The molecule has 0 spiro atoms. The van der Waals surface area contributed by atoms with Crippen molar-refractivity contribution in [2.75, 3.05) is 0 Å². The summed E-state index contributed by atoms with van der Waals surface area (Å²) < 4.78 is 2.16. The van der Waals surface area contributed by atoms with E-state index in [9.17, 15) is 0 Å².